The maximum Gasteiger partial charge on any atom is 0.148 e. The highest BCUT2D eigenvalue weighted by Crippen LogP contribution is 2.23. The minimum Gasteiger partial charge on any atom is -0.141 e. The Morgan fingerprint density at radius 3 is 3.17 bits per heavy atom. The summed E-state index contributed by atoms with van der Waals surface area (Å²) in [4.78, 5) is 1.35. The van der Waals surface area contributed by atoms with Crippen molar-refractivity contribution in [2.75, 3.05) is 0 Å². The van der Waals surface area contributed by atoms with Crippen LogP contribution in [0, 0.1) is 6.92 Å². The Morgan fingerprint density at radius 2 is 2.33 bits per heavy atom. The van der Waals surface area contributed by atoms with Crippen LogP contribution in [0.25, 0.3) is 10.1 Å². The molecular formula is C10H10BS. The molecule has 59 valence electrons. The summed E-state index contributed by atoms with van der Waals surface area (Å²) < 4.78 is 8.42. The zero-order valence-electron chi connectivity index (χ0n) is 8.00. The summed E-state index contributed by atoms with van der Waals surface area (Å²) in [5, 5.41) is 1.31. The first-order valence-corrected chi connectivity index (χ1v) is 4.74. The number of hydrogen-bond donors (Lipinski definition) is 0. The average Bonchev–Trinajstić information content (AvgIpc) is 2.44. The standard InChI is InChI=1S/C10H10BS/c1-7-5-8-3-4-9(11-2)6-10(8)12-7/h3-6H,1-2H3/i2D. The summed E-state index contributed by atoms with van der Waals surface area (Å²) in [7, 11) is 1.93. The molecule has 0 atom stereocenters. The summed E-state index contributed by atoms with van der Waals surface area (Å²) in [6.45, 7) is 2.48. The Hall–Kier alpha value is -0.755. The Labute approximate surface area is 78.9 Å². The van der Waals surface area contributed by atoms with Gasteiger partial charge in [0, 0.05) is 10.9 Å². The van der Waals surface area contributed by atoms with Gasteiger partial charge in [0.15, 0.2) is 0 Å². The monoisotopic (exact) mass is 174 g/mol. The molecule has 1 aromatic heterocycles. The molecule has 0 saturated heterocycles. The highest BCUT2D eigenvalue weighted by atomic mass is 32.1. The minimum atomic E-state index is 0.357. The first kappa shape index (κ1) is 6.73. The SMILES string of the molecule is [2H]C[B]c1ccc2cc(C)sc2c1. The van der Waals surface area contributed by atoms with Crippen molar-refractivity contribution in [1.82, 2.24) is 0 Å². The van der Waals surface area contributed by atoms with Gasteiger partial charge in [0.25, 0.3) is 0 Å². The smallest absolute Gasteiger partial charge is 0.141 e. The summed E-state index contributed by atoms with van der Waals surface area (Å²) in [5.74, 6) is 0. The van der Waals surface area contributed by atoms with Gasteiger partial charge in [0.1, 0.15) is 7.28 Å². The van der Waals surface area contributed by atoms with Crippen LogP contribution in [0.3, 0.4) is 0 Å². The van der Waals surface area contributed by atoms with E-state index in [1.54, 1.807) is 0 Å². The van der Waals surface area contributed by atoms with Gasteiger partial charge in [-0.15, -0.1) is 11.3 Å². The van der Waals surface area contributed by atoms with E-state index in [4.69, 9.17) is 1.37 Å². The van der Waals surface area contributed by atoms with Crippen molar-refractivity contribution < 1.29 is 1.37 Å². The van der Waals surface area contributed by atoms with Gasteiger partial charge in [-0.05, 0) is 18.4 Å². The van der Waals surface area contributed by atoms with E-state index < -0.39 is 0 Å². The highest BCUT2D eigenvalue weighted by Gasteiger charge is 1.98. The lowest BCUT2D eigenvalue weighted by Gasteiger charge is -1.93. The molecule has 0 spiro atoms. The molecule has 2 heteroatoms. The predicted octanol–water partition coefficient (Wildman–Crippen LogP) is 2.59. The summed E-state index contributed by atoms with van der Waals surface area (Å²) >= 11 is 1.81. The first-order valence-electron chi connectivity index (χ1n) is 4.63. The van der Waals surface area contributed by atoms with E-state index in [1.165, 1.54) is 15.0 Å². The lowest BCUT2D eigenvalue weighted by molar-refractivity contribution is 1.66. The van der Waals surface area contributed by atoms with E-state index in [-0.39, 0.29) is 0 Å². The summed E-state index contributed by atoms with van der Waals surface area (Å²) in [6.07, 6.45) is 0. The third-order valence-corrected chi connectivity index (χ3v) is 2.92. The van der Waals surface area contributed by atoms with Crippen molar-refractivity contribution in [1.29, 1.82) is 0 Å². The van der Waals surface area contributed by atoms with Gasteiger partial charge in [0.2, 0.25) is 0 Å². The molecule has 1 aromatic carbocycles. The fourth-order valence-corrected chi connectivity index (χ4v) is 2.28. The van der Waals surface area contributed by atoms with Gasteiger partial charge in [-0.2, -0.15) is 0 Å². The van der Waals surface area contributed by atoms with Gasteiger partial charge in [-0.25, -0.2) is 0 Å². The zero-order chi connectivity index (χ0) is 9.26. The molecule has 0 aliphatic carbocycles. The van der Waals surface area contributed by atoms with E-state index >= 15 is 0 Å². The Bertz CT molecular complexity index is 422. The molecule has 0 aliphatic rings. The van der Waals surface area contributed by atoms with Gasteiger partial charge in [-0.3, -0.25) is 0 Å². The van der Waals surface area contributed by atoms with E-state index in [9.17, 15) is 0 Å². The summed E-state index contributed by atoms with van der Waals surface area (Å²) in [6, 6.07) is 8.55. The molecule has 1 heterocycles. The number of fused-ring (bicyclic) bond motifs is 1. The van der Waals surface area contributed by atoms with Crippen LogP contribution in [-0.4, -0.2) is 7.28 Å². The lowest BCUT2D eigenvalue weighted by atomic mass is 9.73. The lowest BCUT2D eigenvalue weighted by Crippen LogP contribution is -2.08. The average molecular weight is 174 g/mol. The molecule has 2 rings (SSSR count). The third kappa shape index (κ3) is 1.27. The fourth-order valence-electron chi connectivity index (χ4n) is 1.31. The predicted molar refractivity (Wildman–Crippen MR) is 57.8 cm³/mol. The zero-order valence-corrected chi connectivity index (χ0v) is 7.82. The van der Waals surface area contributed by atoms with Crippen LogP contribution in [0.5, 0.6) is 0 Å². The van der Waals surface area contributed by atoms with Crippen LogP contribution in [-0.2, 0) is 0 Å². The van der Waals surface area contributed by atoms with Crippen LogP contribution in [0.4, 0.5) is 0 Å². The Kier molecular flexibility index (Phi) is 1.65. The number of benzene rings is 1. The largest absolute Gasteiger partial charge is 0.148 e. The Balaban J connectivity index is 2.48. The van der Waals surface area contributed by atoms with Crippen molar-refractivity contribution >= 4 is 34.2 Å². The second kappa shape index (κ2) is 2.94. The minimum absolute atomic E-state index is 0.357. The number of rotatable bonds is 1. The maximum absolute atomic E-state index is 7.10. The first-order chi connectivity index (χ1) is 6.29. The second-order valence-corrected chi connectivity index (χ2v) is 4.15. The van der Waals surface area contributed by atoms with Crippen molar-refractivity contribution in [3.05, 3.63) is 29.1 Å². The van der Waals surface area contributed by atoms with E-state index in [0.29, 0.717) is 6.80 Å². The molecule has 1 radical (unpaired) electrons. The third-order valence-electron chi connectivity index (χ3n) is 1.90. The maximum atomic E-state index is 7.10. The van der Waals surface area contributed by atoms with Crippen LogP contribution >= 0.6 is 11.3 Å². The highest BCUT2D eigenvalue weighted by molar-refractivity contribution is 7.19. The van der Waals surface area contributed by atoms with Crippen molar-refractivity contribution in [3.63, 3.8) is 0 Å². The molecule has 0 aliphatic heterocycles. The topological polar surface area (TPSA) is 0 Å². The molecule has 2 aromatic rings. The van der Waals surface area contributed by atoms with Crippen molar-refractivity contribution in [2.24, 2.45) is 0 Å². The van der Waals surface area contributed by atoms with E-state index in [1.807, 2.05) is 18.6 Å². The molecule has 12 heavy (non-hydrogen) atoms. The van der Waals surface area contributed by atoms with E-state index in [0.717, 1.165) is 5.46 Å². The van der Waals surface area contributed by atoms with Crippen molar-refractivity contribution in [3.8, 4) is 0 Å². The molecule has 0 fully saturated rings. The van der Waals surface area contributed by atoms with E-state index in [2.05, 4.69) is 31.2 Å². The number of aryl methyl sites for hydroxylation is 1. The van der Waals surface area contributed by atoms with Crippen LogP contribution < -0.4 is 5.46 Å². The number of thiophene rings is 1. The fraction of sp³-hybridized carbons (Fsp3) is 0.200. The molecule has 0 nitrogen and oxygen atoms in total. The van der Waals surface area contributed by atoms with Gasteiger partial charge in [0.05, 0.1) is 0 Å². The Morgan fingerprint density at radius 1 is 1.42 bits per heavy atom. The van der Waals surface area contributed by atoms with Gasteiger partial charge >= 0.3 is 0 Å². The normalized spacial score (nSPS) is 11.6. The van der Waals surface area contributed by atoms with Gasteiger partial charge in [-0.1, -0.05) is 30.5 Å². The van der Waals surface area contributed by atoms with Gasteiger partial charge < -0.3 is 0 Å². The molecule has 0 amide bonds. The quantitative estimate of drug-likeness (QED) is 0.583. The van der Waals surface area contributed by atoms with Crippen LogP contribution in [0.15, 0.2) is 24.3 Å². The van der Waals surface area contributed by atoms with Crippen molar-refractivity contribution in [2.45, 2.75) is 13.7 Å². The number of hydrogen-bond acceptors (Lipinski definition) is 1. The summed E-state index contributed by atoms with van der Waals surface area (Å²) in [5.41, 5.74) is 1.16. The second-order valence-electron chi connectivity index (χ2n) is 2.86. The molecule has 0 N–H and O–H groups in total. The molecular weight excluding hydrogens is 163 g/mol. The molecule has 0 bridgehead atoms. The van der Waals surface area contributed by atoms with Crippen LogP contribution in [0.2, 0.25) is 6.80 Å². The molecule has 0 unspecified atom stereocenters. The van der Waals surface area contributed by atoms with Crippen LogP contribution in [0.1, 0.15) is 6.25 Å². The molecule has 0 saturated carbocycles.